The van der Waals surface area contributed by atoms with E-state index in [1.54, 1.807) is 4.68 Å². The molecule has 0 radical (unpaired) electrons. The highest BCUT2D eigenvalue weighted by atomic mass is 35.5. The van der Waals surface area contributed by atoms with Gasteiger partial charge in [-0.3, -0.25) is 0 Å². The van der Waals surface area contributed by atoms with Crippen LogP contribution in [0.15, 0.2) is 0 Å². The number of hydrogen-bond donors (Lipinski definition) is 3. The summed E-state index contributed by atoms with van der Waals surface area (Å²) in [4.78, 5) is 7.93. The van der Waals surface area contributed by atoms with Crippen LogP contribution in [0.3, 0.4) is 0 Å². The Kier molecular flexibility index (Phi) is 3.89. The molecule has 2 aromatic heterocycles. The number of nitrogen functional groups attached to an aromatic ring is 1. The predicted octanol–water partition coefficient (Wildman–Crippen LogP) is -0.470. The summed E-state index contributed by atoms with van der Waals surface area (Å²) >= 11 is 5.81. The highest BCUT2D eigenvalue weighted by molar-refractivity contribution is 6.28. The van der Waals surface area contributed by atoms with E-state index in [2.05, 4.69) is 20.3 Å². The number of anilines is 1. The molecule has 21 heavy (non-hydrogen) atoms. The van der Waals surface area contributed by atoms with Crippen molar-refractivity contribution in [3.8, 4) is 0 Å². The number of nitrogens with two attached hydrogens (primary N) is 1. The monoisotopic (exact) mass is 314 g/mol. The topological polar surface area (TPSA) is 132 Å². The van der Waals surface area contributed by atoms with E-state index < -0.39 is 6.10 Å². The van der Waals surface area contributed by atoms with Crippen LogP contribution >= 0.6 is 11.6 Å². The van der Waals surface area contributed by atoms with Crippen molar-refractivity contribution in [3.63, 3.8) is 0 Å². The summed E-state index contributed by atoms with van der Waals surface area (Å²) in [5, 5.41) is 26.8. The Hall–Kier alpha value is -1.55. The maximum atomic E-state index is 10.0. The summed E-state index contributed by atoms with van der Waals surface area (Å²) in [6.45, 7) is 0.104. The lowest BCUT2D eigenvalue weighted by Crippen LogP contribution is -2.23. The van der Waals surface area contributed by atoms with Crippen molar-refractivity contribution in [2.24, 2.45) is 0 Å². The number of aliphatic hydroxyl groups is 2. The number of aliphatic hydroxyl groups excluding tert-OH is 2. The molecule has 0 bridgehead atoms. The van der Waals surface area contributed by atoms with Gasteiger partial charge in [-0.2, -0.15) is 9.97 Å². The van der Waals surface area contributed by atoms with Crippen molar-refractivity contribution in [2.45, 2.75) is 31.1 Å². The first kappa shape index (κ1) is 14.4. The molecule has 0 aromatic carbocycles. The SMILES string of the molecule is Nc1nc(Cl)nc2c1nnn2C1CC(O)C(OCCO)C1. The van der Waals surface area contributed by atoms with Crippen LogP contribution in [0.25, 0.3) is 11.2 Å². The molecule has 10 heteroatoms. The van der Waals surface area contributed by atoms with Gasteiger partial charge in [0.05, 0.1) is 31.5 Å². The molecular weight excluding hydrogens is 300 g/mol. The summed E-state index contributed by atoms with van der Waals surface area (Å²) in [6, 6.07) is -0.126. The highest BCUT2D eigenvalue weighted by Gasteiger charge is 2.36. The van der Waals surface area contributed by atoms with Crippen LogP contribution in [0, 0.1) is 0 Å². The molecule has 3 rings (SSSR count). The van der Waals surface area contributed by atoms with Gasteiger partial charge < -0.3 is 20.7 Å². The standard InChI is InChI=1S/C11H15ClN6O3/c12-11-14-9(13)8-10(15-11)18(17-16-8)5-3-6(20)7(4-5)21-2-1-19/h5-7,19-20H,1-4H2,(H2,13,14,15). The van der Waals surface area contributed by atoms with Crippen LogP contribution in [0.4, 0.5) is 5.82 Å². The largest absolute Gasteiger partial charge is 0.394 e. The van der Waals surface area contributed by atoms with Gasteiger partial charge in [0.1, 0.15) is 0 Å². The maximum absolute atomic E-state index is 10.0. The zero-order valence-corrected chi connectivity index (χ0v) is 11.8. The zero-order chi connectivity index (χ0) is 15.0. The second-order valence-electron chi connectivity index (χ2n) is 4.91. The van der Waals surface area contributed by atoms with Gasteiger partial charge in [0.25, 0.3) is 0 Å². The molecular formula is C11H15ClN6O3. The van der Waals surface area contributed by atoms with E-state index in [9.17, 15) is 5.11 Å². The van der Waals surface area contributed by atoms with Gasteiger partial charge in [-0.05, 0) is 24.4 Å². The Balaban J connectivity index is 1.88. The maximum Gasteiger partial charge on any atom is 0.226 e. The molecule has 1 aliphatic carbocycles. The lowest BCUT2D eigenvalue weighted by molar-refractivity contribution is -0.0303. The molecule has 2 heterocycles. The second kappa shape index (κ2) is 5.68. The van der Waals surface area contributed by atoms with Crippen molar-refractivity contribution in [2.75, 3.05) is 18.9 Å². The smallest absolute Gasteiger partial charge is 0.226 e. The number of fused-ring (bicyclic) bond motifs is 1. The van der Waals surface area contributed by atoms with Crippen LogP contribution in [-0.4, -0.2) is 60.6 Å². The van der Waals surface area contributed by atoms with E-state index in [0.29, 0.717) is 24.0 Å². The third-order valence-electron chi connectivity index (χ3n) is 3.54. The Labute approximate surface area is 124 Å². The normalized spacial score (nSPS) is 25.8. The summed E-state index contributed by atoms with van der Waals surface area (Å²) in [5.74, 6) is 0.169. The van der Waals surface area contributed by atoms with Crippen molar-refractivity contribution >= 4 is 28.6 Å². The van der Waals surface area contributed by atoms with Gasteiger partial charge in [-0.25, -0.2) is 4.68 Å². The fraction of sp³-hybridized carbons (Fsp3) is 0.636. The lowest BCUT2D eigenvalue weighted by atomic mass is 10.2. The van der Waals surface area contributed by atoms with Crippen LogP contribution in [0.5, 0.6) is 0 Å². The first-order valence-corrected chi connectivity index (χ1v) is 6.92. The molecule has 0 aliphatic heterocycles. The fourth-order valence-electron chi connectivity index (χ4n) is 2.60. The molecule has 3 atom stereocenters. The Bertz CT molecular complexity index is 650. The van der Waals surface area contributed by atoms with E-state index in [0.717, 1.165) is 0 Å². The van der Waals surface area contributed by atoms with Crippen LogP contribution in [-0.2, 0) is 4.74 Å². The molecule has 3 unspecified atom stereocenters. The van der Waals surface area contributed by atoms with Crippen LogP contribution in [0.2, 0.25) is 5.28 Å². The number of halogens is 1. The molecule has 9 nitrogen and oxygen atoms in total. The minimum Gasteiger partial charge on any atom is -0.394 e. The van der Waals surface area contributed by atoms with Gasteiger partial charge in [0, 0.05) is 0 Å². The molecule has 1 aliphatic rings. The van der Waals surface area contributed by atoms with Crippen molar-refractivity contribution in [1.29, 1.82) is 0 Å². The van der Waals surface area contributed by atoms with Crippen molar-refractivity contribution < 1.29 is 14.9 Å². The highest BCUT2D eigenvalue weighted by Crippen LogP contribution is 2.33. The van der Waals surface area contributed by atoms with E-state index >= 15 is 0 Å². The first-order valence-electron chi connectivity index (χ1n) is 6.54. The number of hydrogen-bond acceptors (Lipinski definition) is 8. The van der Waals surface area contributed by atoms with E-state index in [-0.39, 0.29) is 36.5 Å². The van der Waals surface area contributed by atoms with Crippen LogP contribution in [0.1, 0.15) is 18.9 Å². The van der Waals surface area contributed by atoms with E-state index in [1.807, 2.05) is 0 Å². The average Bonchev–Trinajstić information content (AvgIpc) is 3.00. The van der Waals surface area contributed by atoms with E-state index in [4.69, 9.17) is 27.2 Å². The van der Waals surface area contributed by atoms with Crippen molar-refractivity contribution in [1.82, 2.24) is 25.0 Å². The average molecular weight is 315 g/mol. The van der Waals surface area contributed by atoms with Crippen molar-refractivity contribution in [3.05, 3.63) is 5.28 Å². The van der Waals surface area contributed by atoms with Gasteiger partial charge >= 0.3 is 0 Å². The molecule has 2 aromatic rings. The first-order chi connectivity index (χ1) is 10.1. The molecule has 4 N–H and O–H groups in total. The number of nitrogens with zero attached hydrogens (tertiary/aromatic N) is 5. The zero-order valence-electron chi connectivity index (χ0n) is 11.1. The molecule has 1 fully saturated rings. The predicted molar refractivity (Wildman–Crippen MR) is 73.6 cm³/mol. The molecule has 1 saturated carbocycles. The van der Waals surface area contributed by atoms with Gasteiger partial charge in [-0.1, -0.05) is 5.21 Å². The number of aromatic nitrogens is 5. The molecule has 0 saturated heterocycles. The minimum atomic E-state index is -0.629. The number of rotatable bonds is 4. The summed E-state index contributed by atoms with van der Waals surface area (Å²) < 4.78 is 7.00. The van der Waals surface area contributed by atoms with Gasteiger partial charge in [-0.15, -0.1) is 5.10 Å². The second-order valence-corrected chi connectivity index (χ2v) is 5.25. The third kappa shape index (κ3) is 2.64. The lowest BCUT2D eigenvalue weighted by Gasteiger charge is -2.14. The third-order valence-corrected chi connectivity index (χ3v) is 3.71. The minimum absolute atomic E-state index is 0.0233. The fourth-order valence-corrected chi connectivity index (χ4v) is 2.78. The van der Waals surface area contributed by atoms with Gasteiger partial charge in [0.2, 0.25) is 5.28 Å². The Morgan fingerprint density at radius 1 is 1.38 bits per heavy atom. The number of ether oxygens (including phenoxy) is 1. The van der Waals surface area contributed by atoms with Gasteiger partial charge in [0.15, 0.2) is 17.0 Å². The summed E-state index contributed by atoms with van der Waals surface area (Å²) in [7, 11) is 0. The van der Waals surface area contributed by atoms with E-state index in [1.165, 1.54) is 0 Å². The summed E-state index contributed by atoms with van der Waals surface area (Å²) in [5.41, 5.74) is 6.56. The summed E-state index contributed by atoms with van der Waals surface area (Å²) in [6.07, 6.45) is 0.0172. The Morgan fingerprint density at radius 3 is 2.95 bits per heavy atom. The molecule has 0 amide bonds. The quantitative estimate of drug-likeness (QED) is 0.645. The van der Waals surface area contributed by atoms with Crippen LogP contribution < -0.4 is 5.73 Å². The molecule has 114 valence electrons. The molecule has 0 spiro atoms. The Morgan fingerprint density at radius 2 is 2.19 bits per heavy atom.